The molecule has 0 saturated carbocycles. The molecule has 2 aromatic carbocycles. The van der Waals surface area contributed by atoms with Gasteiger partial charge in [0.05, 0.1) is 12.3 Å². The molecule has 26 heavy (non-hydrogen) atoms. The summed E-state index contributed by atoms with van der Waals surface area (Å²) in [6, 6.07) is 14.6. The minimum absolute atomic E-state index is 0.248. The van der Waals surface area contributed by atoms with Gasteiger partial charge in [-0.25, -0.2) is 0 Å². The minimum Gasteiger partial charge on any atom is -0.494 e. The van der Waals surface area contributed by atoms with E-state index >= 15 is 0 Å². The third kappa shape index (κ3) is 6.77. The van der Waals surface area contributed by atoms with Crippen LogP contribution in [0.5, 0.6) is 5.75 Å². The molecule has 138 valence electrons. The number of unbranched alkanes of at least 4 members (excludes halogenated alkanes) is 3. The van der Waals surface area contributed by atoms with Gasteiger partial charge in [0.25, 0.3) is 5.91 Å². The number of hydrogen-bond acceptors (Lipinski definition) is 3. The average molecular weight is 435 g/mol. The molecule has 0 aliphatic carbocycles. The highest BCUT2D eigenvalue weighted by Crippen LogP contribution is 2.21. The number of benzene rings is 2. The Hall–Kier alpha value is -1.92. The van der Waals surface area contributed by atoms with E-state index in [1.807, 2.05) is 24.3 Å². The van der Waals surface area contributed by atoms with E-state index in [1.54, 1.807) is 24.3 Å². The summed E-state index contributed by atoms with van der Waals surface area (Å²) in [5.74, 6) is 0.510. The largest absolute Gasteiger partial charge is 0.494 e. The van der Waals surface area contributed by atoms with Crippen LogP contribution in [0.1, 0.15) is 43.0 Å². The van der Waals surface area contributed by atoms with Crippen LogP contribution in [0, 0.1) is 0 Å². The topological polar surface area (TPSA) is 50.4 Å². The predicted octanol–water partition coefficient (Wildman–Crippen LogP) is 5.54. The molecule has 0 aliphatic rings. The van der Waals surface area contributed by atoms with E-state index in [-0.39, 0.29) is 11.0 Å². The fraction of sp³-hybridized carbons (Fsp3) is 0.300. The molecule has 0 aliphatic heterocycles. The normalized spacial score (nSPS) is 10.2. The predicted molar refractivity (Wildman–Crippen MR) is 114 cm³/mol. The van der Waals surface area contributed by atoms with Crippen LogP contribution in [0.15, 0.2) is 53.0 Å². The van der Waals surface area contributed by atoms with Crippen molar-refractivity contribution in [3.63, 3.8) is 0 Å². The zero-order valence-corrected chi connectivity index (χ0v) is 17.2. The van der Waals surface area contributed by atoms with E-state index < -0.39 is 0 Å². The molecule has 2 aromatic rings. The summed E-state index contributed by atoms with van der Waals surface area (Å²) in [6.07, 6.45) is 4.67. The smallest absolute Gasteiger partial charge is 0.257 e. The Bertz CT molecular complexity index is 735. The molecule has 0 heterocycles. The van der Waals surface area contributed by atoms with Crippen molar-refractivity contribution in [1.29, 1.82) is 0 Å². The van der Waals surface area contributed by atoms with E-state index in [1.165, 1.54) is 19.3 Å². The van der Waals surface area contributed by atoms with Gasteiger partial charge in [0.15, 0.2) is 5.11 Å². The van der Waals surface area contributed by atoms with Gasteiger partial charge in [0, 0.05) is 10.0 Å². The van der Waals surface area contributed by atoms with Crippen LogP contribution in [0.3, 0.4) is 0 Å². The van der Waals surface area contributed by atoms with Gasteiger partial charge in [-0.3, -0.25) is 10.1 Å². The highest BCUT2D eigenvalue weighted by molar-refractivity contribution is 9.10. The summed E-state index contributed by atoms with van der Waals surface area (Å²) in [5, 5.41) is 5.92. The molecule has 6 heteroatoms. The molecule has 0 fully saturated rings. The number of rotatable bonds is 8. The van der Waals surface area contributed by atoms with E-state index in [0.717, 1.165) is 22.3 Å². The van der Waals surface area contributed by atoms with Crippen LogP contribution in [-0.2, 0) is 0 Å². The van der Waals surface area contributed by atoms with Crippen molar-refractivity contribution in [2.75, 3.05) is 11.9 Å². The third-order valence-corrected chi connectivity index (χ3v) is 4.63. The maximum absolute atomic E-state index is 12.3. The number of halogens is 1. The lowest BCUT2D eigenvalue weighted by molar-refractivity contribution is 0.0977. The number of thiocarbonyl (C=S) groups is 1. The molecular formula is C20H23BrN2O2S. The summed E-state index contributed by atoms with van der Waals surface area (Å²) in [5.41, 5.74) is 1.32. The standard InChI is InChI=1S/C20H23BrN2O2S/c1-2-3-4-7-14-25-16-12-10-15(11-13-16)19(24)23-20(26)22-18-9-6-5-8-17(18)21/h5-6,8-13H,2-4,7,14H2,1H3,(H2,22,23,24,26). The zero-order chi connectivity index (χ0) is 18.8. The molecule has 0 aromatic heterocycles. The van der Waals surface area contributed by atoms with Crippen molar-refractivity contribution in [3.8, 4) is 5.75 Å². The van der Waals surface area contributed by atoms with Gasteiger partial charge in [-0.2, -0.15) is 0 Å². The molecule has 0 bridgehead atoms. The van der Waals surface area contributed by atoms with Gasteiger partial charge in [0.1, 0.15) is 5.75 Å². The van der Waals surface area contributed by atoms with E-state index in [2.05, 4.69) is 33.5 Å². The Kier molecular flexibility index (Phi) is 8.58. The van der Waals surface area contributed by atoms with Crippen LogP contribution in [0.25, 0.3) is 0 Å². The quantitative estimate of drug-likeness (QED) is 0.423. The lowest BCUT2D eigenvalue weighted by atomic mass is 10.2. The fourth-order valence-electron chi connectivity index (χ4n) is 2.31. The van der Waals surface area contributed by atoms with Crippen molar-refractivity contribution < 1.29 is 9.53 Å². The monoisotopic (exact) mass is 434 g/mol. The number of amides is 1. The molecule has 0 radical (unpaired) electrons. The van der Waals surface area contributed by atoms with Crippen LogP contribution in [0.4, 0.5) is 5.69 Å². The maximum Gasteiger partial charge on any atom is 0.257 e. The molecule has 4 nitrogen and oxygen atoms in total. The lowest BCUT2D eigenvalue weighted by Crippen LogP contribution is -2.34. The first-order valence-electron chi connectivity index (χ1n) is 8.70. The van der Waals surface area contributed by atoms with Gasteiger partial charge in [-0.15, -0.1) is 0 Å². The second-order valence-electron chi connectivity index (χ2n) is 5.82. The highest BCUT2D eigenvalue weighted by atomic mass is 79.9. The van der Waals surface area contributed by atoms with Crippen molar-refractivity contribution in [2.45, 2.75) is 32.6 Å². The molecule has 2 N–H and O–H groups in total. The number of anilines is 1. The highest BCUT2D eigenvalue weighted by Gasteiger charge is 2.09. The number of carbonyl (C=O) groups excluding carboxylic acids is 1. The van der Waals surface area contributed by atoms with Gasteiger partial charge in [0.2, 0.25) is 0 Å². The number of ether oxygens (including phenoxy) is 1. The first kappa shape index (κ1) is 20.4. The van der Waals surface area contributed by atoms with Crippen molar-refractivity contribution in [1.82, 2.24) is 5.32 Å². The van der Waals surface area contributed by atoms with Gasteiger partial charge < -0.3 is 10.1 Å². The molecule has 2 rings (SSSR count). The van der Waals surface area contributed by atoms with Crippen LogP contribution < -0.4 is 15.4 Å². The molecule has 0 saturated heterocycles. The molecule has 1 amide bonds. The van der Waals surface area contributed by atoms with Crippen LogP contribution in [-0.4, -0.2) is 17.6 Å². The van der Waals surface area contributed by atoms with Gasteiger partial charge in [-0.1, -0.05) is 38.3 Å². The molecular weight excluding hydrogens is 412 g/mol. The number of nitrogens with one attached hydrogen (secondary N) is 2. The summed E-state index contributed by atoms with van der Waals surface area (Å²) < 4.78 is 6.56. The lowest BCUT2D eigenvalue weighted by Gasteiger charge is -2.11. The van der Waals surface area contributed by atoms with E-state index in [9.17, 15) is 4.79 Å². The van der Waals surface area contributed by atoms with E-state index in [4.69, 9.17) is 17.0 Å². The molecule has 0 atom stereocenters. The third-order valence-electron chi connectivity index (χ3n) is 3.73. The van der Waals surface area contributed by atoms with E-state index in [0.29, 0.717) is 12.2 Å². The SMILES string of the molecule is CCCCCCOc1ccc(C(=O)NC(=S)Nc2ccccc2Br)cc1. The first-order valence-corrected chi connectivity index (χ1v) is 9.90. The average Bonchev–Trinajstić information content (AvgIpc) is 2.64. The second kappa shape index (κ2) is 10.9. The Labute approximate surface area is 168 Å². The van der Waals surface area contributed by atoms with Crippen molar-refractivity contribution >= 4 is 44.9 Å². The summed E-state index contributed by atoms with van der Waals surface area (Å²) in [7, 11) is 0. The van der Waals surface area contributed by atoms with Crippen LogP contribution >= 0.6 is 28.1 Å². The Morgan fingerprint density at radius 2 is 1.81 bits per heavy atom. The maximum atomic E-state index is 12.3. The number of para-hydroxylation sites is 1. The number of hydrogen-bond donors (Lipinski definition) is 2. The first-order chi connectivity index (χ1) is 12.6. The Morgan fingerprint density at radius 3 is 2.50 bits per heavy atom. The molecule has 0 spiro atoms. The zero-order valence-electron chi connectivity index (χ0n) is 14.8. The van der Waals surface area contributed by atoms with Gasteiger partial charge in [-0.05, 0) is 71.0 Å². The summed E-state index contributed by atoms with van der Waals surface area (Å²) >= 11 is 8.63. The summed E-state index contributed by atoms with van der Waals surface area (Å²) in [6.45, 7) is 2.88. The van der Waals surface area contributed by atoms with Crippen molar-refractivity contribution in [3.05, 3.63) is 58.6 Å². The number of carbonyl (C=O) groups is 1. The van der Waals surface area contributed by atoms with Crippen molar-refractivity contribution in [2.24, 2.45) is 0 Å². The Balaban J connectivity index is 1.81. The minimum atomic E-state index is -0.260. The summed E-state index contributed by atoms with van der Waals surface area (Å²) in [4.78, 5) is 12.3. The van der Waals surface area contributed by atoms with Gasteiger partial charge >= 0.3 is 0 Å². The Morgan fingerprint density at radius 1 is 1.08 bits per heavy atom. The fourth-order valence-corrected chi connectivity index (χ4v) is 2.90. The van der Waals surface area contributed by atoms with Crippen LogP contribution in [0.2, 0.25) is 0 Å². The molecule has 0 unspecified atom stereocenters. The second-order valence-corrected chi connectivity index (χ2v) is 7.08.